The van der Waals surface area contributed by atoms with E-state index in [1.165, 1.54) is 0 Å². The van der Waals surface area contributed by atoms with Gasteiger partial charge in [-0.2, -0.15) is 0 Å². The molecule has 1 heterocycles. The summed E-state index contributed by atoms with van der Waals surface area (Å²) in [5, 5.41) is 0. The molecule has 0 aromatic heterocycles. The fraction of sp³-hybridized carbons (Fsp3) is 1.00. The van der Waals surface area contributed by atoms with E-state index in [0.29, 0.717) is 12.6 Å². The third-order valence-corrected chi connectivity index (χ3v) is 2.98. The van der Waals surface area contributed by atoms with Crippen molar-refractivity contribution in [3.8, 4) is 0 Å². The second kappa shape index (κ2) is 6.43. The first kappa shape index (κ1) is 12.9. The van der Waals surface area contributed by atoms with Crippen LogP contribution in [0.2, 0.25) is 0 Å². The summed E-state index contributed by atoms with van der Waals surface area (Å²) in [5.41, 5.74) is 5.65. The Morgan fingerprint density at radius 1 is 1.53 bits per heavy atom. The third-order valence-electron chi connectivity index (χ3n) is 2.98. The molecule has 1 aliphatic rings. The zero-order valence-corrected chi connectivity index (χ0v) is 10.1. The van der Waals surface area contributed by atoms with Gasteiger partial charge in [0.15, 0.2) is 0 Å². The zero-order chi connectivity index (χ0) is 11.3. The maximum Gasteiger partial charge on any atom is 0.0828 e. The second-order valence-electron chi connectivity index (χ2n) is 4.39. The fourth-order valence-electron chi connectivity index (χ4n) is 2.04. The number of morpholine rings is 1. The summed E-state index contributed by atoms with van der Waals surface area (Å²) < 4.78 is 10.8. The second-order valence-corrected chi connectivity index (χ2v) is 4.39. The van der Waals surface area contributed by atoms with Crippen LogP contribution in [0.1, 0.15) is 20.3 Å². The van der Waals surface area contributed by atoms with Gasteiger partial charge in [-0.15, -0.1) is 0 Å². The summed E-state index contributed by atoms with van der Waals surface area (Å²) in [6.07, 6.45) is 1.55. The molecule has 0 spiro atoms. The largest absolute Gasteiger partial charge is 0.385 e. The van der Waals surface area contributed by atoms with E-state index in [0.717, 1.165) is 26.1 Å². The Labute approximate surface area is 92.7 Å². The predicted molar refractivity (Wildman–Crippen MR) is 60.9 cm³/mol. The lowest BCUT2D eigenvalue weighted by Crippen LogP contribution is -2.52. The van der Waals surface area contributed by atoms with Crippen LogP contribution in [-0.4, -0.2) is 56.5 Å². The number of rotatable bonds is 5. The van der Waals surface area contributed by atoms with E-state index in [-0.39, 0.29) is 12.2 Å². The SMILES string of the molecule is COCCC(C)N1CC(C)OC(CN)C1. The molecule has 1 saturated heterocycles. The zero-order valence-electron chi connectivity index (χ0n) is 10.1. The molecule has 3 atom stereocenters. The molecule has 0 saturated carbocycles. The normalized spacial score (nSPS) is 30.4. The van der Waals surface area contributed by atoms with Crippen molar-refractivity contribution in [3.63, 3.8) is 0 Å². The Morgan fingerprint density at radius 3 is 2.87 bits per heavy atom. The van der Waals surface area contributed by atoms with Crippen LogP contribution in [0.3, 0.4) is 0 Å². The third kappa shape index (κ3) is 4.07. The molecule has 15 heavy (non-hydrogen) atoms. The Morgan fingerprint density at radius 2 is 2.27 bits per heavy atom. The number of methoxy groups -OCH3 is 1. The van der Waals surface area contributed by atoms with E-state index in [2.05, 4.69) is 18.7 Å². The van der Waals surface area contributed by atoms with Gasteiger partial charge in [-0.1, -0.05) is 0 Å². The van der Waals surface area contributed by atoms with E-state index in [9.17, 15) is 0 Å². The molecule has 2 N–H and O–H groups in total. The van der Waals surface area contributed by atoms with Gasteiger partial charge < -0.3 is 15.2 Å². The lowest BCUT2D eigenvalue weighted by molar-refractivity contribution is -0.0843. The molecule has 1 rings (SSSR count). The van der Waals surface area contributed by atoms with Gasteiger partial charge in [0.25, 0.3) is 0 Å². The number of hydrogen-bond acceptors (Lipinski definition) is 4. The van der Waals surface area contributed by atoms with Gasteiger partial charge in [0.1, 0.15) is 0 Å². The molecule has 1 aliphatic heterocycles. The van der Waals surface area contributed by atoms with Crippen molar-refractivity contribution in [2.24, 2.45) is 5.73 Å². The Balaban J connectivity index is 2.38. The van der Waals surface area contributed by atoms with Gasteiger partial charge in [-0.25, -0.2) is 0 Å². The van der Waals surface area contributed by atoms with Crippen LogP contribution in [0.5, 0.6) is 0 Å². The molecule has 0 aliphatic carbocycles. The highest BCUT2D eigenvalue weighted by molar-refractivity contribution is 4.79. The minimum absolute atomic E-state index is 0.193. The number of nitrogens with two attached hydrogens (primary N) is 1. The van der Waals surface area contributed by atoms with Crippen molar-refractivity contribution >= 4 is 0 Å². The summed E-state index contributed by atoms with van der Waals surface area (Å²) in [6, 6.07) is 0.547. The minimum atomic E-state index is 0.193. The molecule has 0 amide bonds. The summed E-state index contributed by atoms with van der Waals surface area (Å²) >= 11 is 0. The van der Waals surface area contributed by atoms with Crippen molar-refractivity contribution in [2.45, 2.75) is 38.5 Å². The van der Waals surface area contributed by atoms with Crippen LogP contribution >= 0.6 is 0 Å². The minimum Gasteiger partial charge on any atom is -0.385 e. The lowest BCUT2D eigenvalue weighted by Gasteiger charge is -2.39. The Hall–Kier alpha value is -0.160. The number of nitrogens with zero attached hydrogens (tertiary/aromatic N) is 1. The average Bonchev–Trinajstić information content (AvgIpc) is 2.24. The summed E-state index contributed by atoms with van der Waals surface area (Å²) in [5.74, 6) is 0. The van der Waals surface area contributed by atoms with Crippen molar-refractivity contribution in [1.29, 1.82) is 0 Å². The predicted octanol–water partition coefficient (Wildman–Crippen LogP) is 0.459. The number of ether oxygens (including phenoxy) is 2. The molecule has 90 valence electrons. The van der Waals surface area contributed by atoms with Crippen molar-refractivity contribution < 1.29 is 9.47 Å². The Bertz CT molecular complexity index is 178. The first-order chi connectivity index (χ1) is 7.17. The smallest absolute Gasteiger partial charge is 0.0828 e. The first-order valence-electron chi connectivity index (χ1n) is 5.75. The van der Waals surface area contributed by atoms with Crippen LogP contribution in [-0.2, 0) is 9.47 Å². The maximum absolute atomic E-state index is 5.72. The summed E-state index contributed by atoms with van der Waals surface area (Å²) in [6.45, 7) is 7.73. The molecule has 0 radical (unpaired) electrons. The molecule has 3 unspecified atom stereocenters. The molecule has 0 aromatic rings. The van der Waals surface area contributed by atoms with Crippen LogP contribution in [0.25, 0.3) is 0 Å². The van der Waals surface area contributed by atoms with Gasteiger partial charge in [0.2, 0.25) is 0 Å². The fourth-order valence-corrected chi connectivity index (χ4v) is 2.04. The highest BCUT2D eigenvalue weighted by atomic mass is 16.5. The van der Waals surface area contributed by atoms with Crippen LogP contribution in [0, 0.1) is 0 Å². The topological polar surface area (TPSA) is 47.7 Å². The first-order valence-corrected chi connectivity index (χ1v) is 5.75. The van der Waals surface area contributed by atoms with Crippen LogP contribution < -0.4 is 5.73 Å². The van der Waals surface area contributed by atoms with E-state index < -0.39 is 0 Å². The highest BCUT2D eigenvalue weighted by Crippen LogP contribution is 2.14. The number of hydrogen-bond donors (Lipinski definition) is 1. The van der Waals surface area contributed by atoms with Gasteiger partial charge in [0, 0.05) is 39.4 Å². The van der Waals surface area contributed by atoms with Crippen molar-refractivity contribution in [3.05, 3.63) is 0 Å². The molecular formula is C11H24N2O2. The summed E-state index contributed by atoms with van der Waals surface area (Å²) in [7, 11) is 1.75. The molecule has 4 heteroatoms. The van der Waals surface area contributed by atoms with E-state index in [1.807, 2.05) is 0 Å². The van der Waals surface area contributed by atoms with Gasteiger partial charge >= 0.3 is 0 Å². The monoisotopic (exact) mass is 216 g/mol. The van der Waals surface area contributed by atoms with Gasteiger partial charge in [0.05, 0.1) is 12.2 Å². The van der Waals surface area contributed by atoms with Gasteiger partial charge in [-0.3, -0.25) is 4.90 Å². The van der Waals surface area contributed by atoms with Gasteiger partial charge in [-0.05, 0) is 20.3 Å². The molecule has 1 fully saturated rings. The maximum atomic E-state index is 5.72. The van der Waals surface area contributed by atoms with E-state index in [1.54, 1.807) is 7.11 Å². The standard InChI is InChI=1S/C11H24N2O2/c1-9(4-5-14-3)13-7-10(2)15-11(6-12)8-13/h9-11H,4-8,12H2,1-3H3. The highest BCUT2D eigenvalue weighted by Gasteiger charge is 2.26. The Kier molecular flexibility index (Phi) is 5.53. The molecular weight excluding hydrogens is 192 g/mol. The quantitative estimate of drug-likeness (QED) is 0.725. The van der Waals surface area contributed by atoms with Crippen molar-refractivity contribution in [2.75, 3.05) is 33.4 Å². The summed E-state index contributed by atoms with van der Waals surface area (Å²) in [4.78, 5) is 2.45. The van der Waals surface area contributed by atoms with E-state index in [4.69, 9.17) is 15.2 Å². The van der Waals surface area contributed by atoms with Crippen LogP contribution in [0.15, 0.2) is 0 Å². The molecule has 4 nitrogen and oxygen atoms in total. The van der Waals surface area contributed by atoms with E-state index >= 15 is 0 Å². The average molecular weight is 216 g/mol. The molecule has 0 aromatic carbocycles. The van der Waals surface area contributed by atoms with Crippen molar-refractivity contribution in [1.82, 2.24) is 4.90 Å². The lowest BCUT2D eigenvalue weighted by atomic mass is 10.1. The molecule has 0 bridgehead atoms. The van der Waals surface area contributed by atoms with Crippen LogP contribution in [0.4, 0.5) is 0 Å².